The van der Waals surface area contributed by atoms with E-state index in [1.165, 1.54) is 36.9 Å². The van der Waals surface area contributed by atoms with Crippen molar-refractivity contribution in [2.45, 2.75) is 0 Å². The summed E-state index contributed by atoms with van der Waals surface area (Å²) in [6, 6.07) is 7.32. The number of aromatic nitrogens is 2. The van der Waals surface area contributed by atoms with E-state index in [1.807, 2.05) is 0 Å². The molecule has 0 bridgehead atoms. The second kappa shape index (κ2) is 7.40. The number of anilines is 1. The minimum absolute atomic E-state index is 0.0370. The van der Waals surface area contributed by atoms with Crippen molar-refractivity contribution < 1.29 is 18.3 Å². The quantitative estimate of drug-likeness (QED) is 0.727. The number of terminal acetylenes is 1. The predicted molar refractivity (Wildman–Crippen MR) is 90.8 cm³/mol. The molecule has 2 aromatic carbocycles. The molecule has 0 radical (unpaired) electrons. The van der Waals surface area contributed by atoms with Crippen LogP contribution in [-0.2, 0) is 0 Å². The first-order chi connectivity index (χ1) is 12.5. The summed E-state index contributed by atoms with van der Waals surface area (Å²) in [6.07, 6.45) is 9.34. The average molecular weight is 351 g/mol. The average Bonchev–Trinajstić information content (AvgIpc) is 2.62. The van der Waals surface area contributed by atoms with Crippen molar-refractivity contribution >= 4 is 11.6 Å². The van der Waals surface area contributed by atoms with Crippen LogP contribution in [0.15, 0.2) is 55.1 Å². The number of nitrogens with zero attached hydrogens (tertiary/aromatic N) is 2. The number of benzene rings is 2. The Morgan fingerprint density at radius 1 is 1.08 bits per heavy atom. The fourth-order valence-electron chi connectivity index (χ4n) is 2.15. The first-order valence-corrected chi connectivity index (χ1v) is 7.36. The van der Waals surface area contributed by atoms with Crippen LogP contribution in [0.1, 0.15) is 15.9 Å². The molecule has 0 atom stereocenters. The molecule has 0 unspecified atom stereocenters. The van der Waals surface area contributed by atoms with E-state index in [4.69, 9.17) is 11.2 Å². The number of ether oxygens (including phenoxy) is 1. The highest BCUT2D eigenvalue weighted by Gasteiger charge is 2.11. The maximum absolute atomic E-state index is 13.8. The van der Waals surface area contributed by atoms with Gasteiger partial charge in [-0.05, 0) is 24.3 Å². The number of hydrogen-bond acceptors (Lipinski definition) is 4. The van der Waals surface area contributed by atoms with Gasteiger partial charge in [0.05, 0.1) is 18.0 Å². The first-order valence-electron chi connectivity index (χ1n) is 7.36. The molecular weight excluding hydrogens is 340 g/mol. The molecule has 1 amide bonds. The van der Waals surface area contributed by atoms with Gasteiger partial charge in [-0.25, -0.2) is 18.7 Å². The van der Waals surface area contributed by atoms with Crippen molar-refractivity contribution in [3.05, 3.63) is 77.9 Å². The van der Waals surface area contributed by atoms with Gasteiger partial charge in [-0.1, -0.05) is 5.92 Å². The van der Waals surface area contributed by atoms with E-state index < -0.39 is 17.5 Å². The minimum atomic E-state index is -0.613. The third-order valence-electron chi connectivity index (χ3n) is 3.29. The lowest BCUT2D eigenvalue weighted by Gasteiger charge is -2.09. The molecule has 0 spiro atoms. The highest BCUT2D eigenvalue weighted by atomic mass is 19.1. The van der Waals surface area contributed by atoms with E-state index in [0.717, 1.165) is 18.2 Å². The van der Waals surface area contributed by atoms with Crippen molar-refractivity contribution in [2.24, 2.45) is 0 Å². The van der Waals surface area contributed by atoms with E-state index in [0.29, 0.717) is 5.75 Å². The van der Waals surface area contributed by atoms with Crippen LogP contribution in [0.25, 0.3) is 0 Å². The van der Waals surface area contributed by atoms with Crippen molar-refractivity contribution in [1.82, 2.24) is 9.97 Å². The molecule has 1 N–H and O–H groups in total. The van der Waals surface area contributed by atoms with E-state index in [9.17, 15) is 13.6 Å². The van der Waals surface area contributed by atoms with E-state index in [-0.39, 0.29) is 22.6 Å². The molecule has 3 aromatic rings. The number of halogens is 2. The Kier molecular flexibility index (Phi) is 4.85. The number of carbonyl (C=O) groups is 1. The second-order valence-corrected chi connectivity index (χ2v) is 5.14. The molecule has 7 heteroatoms. The Bertz CT molecular complexity index is 1000. The second-order valence-electron chi connectivity index (χ2n) is 5.14. The van der Waals surface area contributed by atoms with Crippen molar-refractivity contribution in [3.8, 4) is 23.8 Å². The van der Waals surface area contributed by atoms with Crippen LogP contribution in [0.3, 0.4) is 0 Å². The predicted octanol–water partition coefficient (Wildman–Crippen LogP) is 3.78. The van der Waals surface area contributed by atoms with Gasteiger partial charge in [0.15, 0.2) is 5.75 Å². The van der Waals surface area contributed by atoms with E-state index in [1.54, 1.807) is 0 Å². The van der Waals surface area contributed by atoms with E-state index >= 15 is 0 Å². The molecule has 0 saturated carbocycles. The molecule has 26 heavy (non-hydrogen) atoms. The molecule has 1 heterocycles. The largest absolute Gasteiger partial charge is 0.454 e. The number of amides is 1. The summed E-state index contributed by atoms with van der Waals surface area (Å²) in [5.74, 6) is 0.834. The van der Waals surface area contributed by atoms with Gasteiger partial charge in [0, 0.05) is 23.4 Å². The summed E-state index contributed by atoms with van der Waals surface area (Å²) < 4.78 is 32.7. The normalized spacial score (nSPS) is 10.0. The van der Waals surface area contributed by atoms with Gasteiger partial charge in [-0.2, -0.15) is 0 Å². The zero-order valence-electron chi connectivity index (χ0n) is 13.2. The summed E-state index contributed by atoms with van der Waals surface area (Å²) in [5.41, 5.74) is 0.265. The van der Waals surface area contributed by atoms with Gasteiger partial charge in [0.1, 0.15) is 23.7 Å². The topological polar surface area (TPSA) is 64.1 Å². The van der Waals surface area contributed by atoms with Crippen LogP contribution >= 0.6 is 0 Å². The summed E-state index contributed by atoms with van der Waals surface area (Å²) in [7, 11) is 0. The van der Waals surface area contributed by atoms with Gasteiger partial charge in [0.2, 0.25) is 0 Å². The van der Waals surface area contributed by atoms with Crippen LogP contribution in [0.4, 0.5) is 14.5 Å². The zero-order valence-corrected chi connectivity index (χ0v) is 13.2. The highest BCUT2D eigenvalue weighted by molar-refractivity contribution is 6.04. The summed E-state index contributed by atoms with van der Waals surface area (Å²) >= 11 is 0. The molecule has 0 aliphatic heterocycles. The Hall–Kier alpha value is -3.79. The molecule has 0 fully saturated rings. The third kappa shape index (κ3) is 3.99. The van der Waals surface area contributed by atoms with Gasteiger partial charge in [-0.15, -0.1) is 6.42 Å². The van der Waals surface area contributed by atoms with Gasteiger partial charge in [0.25, 0.3) is 5.91 Å². The van der Waals surface area contributed by atoms with Gasteiger partial charge < -0.3 is 10.1 Å². The number of nitrogens with one attached hydrogen (secondary N) is 1. The standard InChI is InChI=1S/C19H11F2N3O2/c1-2-12-5-13(3-4-18(12)21)19(25)24-15-6-14(20)7-16(8-15)26-17-9-22-11-23-10-17/h1,3-11H,(H,24,25). The lowest BCUT2D eigenvalue weighted by atomic mass is 10.1. The van der Waals surface area contributed by atoms with Gasteiger partial charge in [-0.3, -0.25) is 4.79 Å². The molecule has 0 aliphatic carbocycles. The van der Waals surface area contributed by atoms with Crippen molar-refractivity contribution in [1.29, 1.82) is 0 Å². The summed E-state index contributed by atoms with van der Waals surface area (Å²) in [4.78, 5) is 19.9. The number of carbonyl (C=O) groups excluding carboxylic acids is 1. The van der Waals surface area contributed by atoms with Crippen LogP contribution in [0, 0.1) is 24.0 Å². The van der Waals surface area contributed by atoms with Crippen molar-refractivity contribution in [2.75, 3.05) is 5.32 Å². The molecule has 0 saturated heterocycles. The zero-order chi connectivity index (χ0) is 18.5. The summed E-state index contributed by atoms with van der Waals surface area (Å²) in [6.45, 7) is 0. The first kappa shape index (κ1) is 17.0. The summed E-state index contributed by atoms with van der Waals surface area (Å²) in [5, 5.41) is 2.51. The fourth-order valence-corrected chi connectivity index (χ4v) is 2.15. The molecule has 128 valence electrons. The SMILES string of the molecule is C#Cc1cc(C(=O)Nc2cc(F)cc(Oc3cncnc3)c2)ccc1F. The maximum atomic E-state index is 13.8. The Balaban J connectivity index is 1.81. The van der Waals surface area contributed by atoms with Crippen LogP contribution in [0.2, 0.25) is 0 Å². The van der Waals surface area contributed by atoms with Crippen molar-refractivity contribution in [3.63, 3.8) is 0 Å². The smallest absolute Gasteiger partial charge is 0.255 e. The van der Waals surface area contributed by atoms with Crippen LogP contribution < -0.4 is 10.1 Å². The Morgan fingerprint density at radius 3 is 2.58 bits per heavy atom. The molecule has 1 aromatic heterocycles. The Labute approximate surface area is 147 Å². The van der Waals surface area contributed by atoms with Gasteiger partial charge >= 0.3 is 0 Å². The third-order valence-corrected chi connectivity index (χ3v) is 3.29. The highest BCUT2D eigenvalue weighted by Crippen LogP contribution is 2.25. The lowest BCUT2D eigenvalue weighted by Crippen LogP contribution is -2.12. The Morgan fingerprint density at radius 2 is 1.85 bits per heavy atom. The maximum Gasteiger partial charge on any atom is 0.255 e. The van der Waals surface area contributed by atoms with Crippen LogP contribution in [-0.4, -0.2) is 15.9 Å². The van der Waals surface area contributed by atoms with E-state index in [2.05, 4.69) is 21.2 Å². The number of rotatable bonds is 4. The molecule has 3 rings (SSSR count). The minimum Gasteiger partial charge on any atom is -0.454 e. The molecule has 5 nitrogen and oxygen atoms in total. The number of hydrogen-bond donors (Lipinski definition) is 1. The fraction of sp³-hybridized carbons (Fsp3) is 0. The lowest BCUT2D eigenvalue weighted by molar-refractivity contribution is 0.102. The van der Waals surface area contributed by atoms with Crippen LogP contribution in [0.5, 0.6) is 11.5 Å². The molecular formula is C19H11F2N3O2. The monoisotopic (exact) mass is 351 g/mol. The molecule has 0 aliphatic rings.